The van der Waals surface area contributed by atoms with E-state index in [-0.39, 0.29) is 11.5 Å². The maximum absolute atomic E-state index is 11.9. The minimum absolute atomic E-state index is 0.0695. The van der Waals surface area contributed by atoms with Crippen LogP contribution < -0.4 is 10.9 Å². The van der Waals surface area contributed by atoms with Gasteiger partial charge in [0.15, 0.2) is 0 Å². The molecule has 6 heteroatoms. The second-order valence-corrected chi connectivity index (χ2v) is 6.22. The molecule has 2 heterocycles. The predicted molar refractivity (Wildman–Crippen MR) is 88.5 cm³/mol. The van der Waals surface area contributed by atoms with Gasteiger partial charge in [0.1, 0.15) is 5.56 Å². The number of carbonyl (C=O) groups excluding carboxylic acids is 1. The second-order valence-electron chi connectivity index (χ2n) is 5.78. The number of hydrogen-bond acceptors (Lipinski definition) is 3. The third-order valence-corrected chi connectivity index (χ3v) is 4.22. The van der Waals surface area contributed by atoms with Gasteiger partial charge in [-0.25, -0.2) is 0 Å². The van der Waals surface area contributed by atoms with Crippen molar-refractivity contribution >= 4 is 17.5 Å². The average molecular weight is 326 g/mol. The molecule has 1 amide bonds. The normalized spacial score (nSPS) is 16.2. The maximum Gasteiger partial charge on any atom is 0.260 e. The molecule has 0 aromatic carbocycles. The van der Waals surface area contributed by atoms with E-state index in [1.807, 2.05) is 0 Å². The van der Waals surface area contributed by atoms with Crippen molar-refractivity contribution < 1.29 is 4.79 Å². The number of unbranched alkanes of at least 4 members (excludes halogenated alkanes) is 1. The fraction of sp³-hybridized carbons (Fsp3) is 0.625. The lowest BCUT2D eigenvalue weighted by atomic mass is 10.2. The molecule has 2 N–H and O–H groups in total. The van der Waals surface area contributed by atoms with E-state index in [4.69, 9.17) is 11.6 Å². The van der Waals surface area contributed by atoms with Crippen LogP contribution in [0.2, 0.25) is 5.02 Å². The number of likely N-dealkylation sites (tertiary alicyclic amines) is 1. The lowest BCUT2D eigenvalue weighted by Gasteiger charge is -2.19. The number of carbonyl (C=O) groups is 1. The van der Waals surface area contributed by atoms with E-state index in [0.29, 0.717) is 11.6 Å². The Bertz CT molecular complexity index is 536. The van der Waals surface area contributed by atoms with E-state index in [9.17, 15) is 9.59 Å². The van der Waals surface area contributed by atoms with Gasteiger partial charge < -0.3 is 15.2 Å². The summed E-state index contributed by atoms with van der Waals surface area (Å²) in [6, 6.07) is 1.40. The summed E-state index contributed by atoms with van der Waals surface area (Å²) in [5.74, 6) is -0.362. The minimum Gasteiger partial charge on any atom is -0.352 e. The quantitative estimate of drug-likeness (QED) is 0.789. The maximum atomic E-state index is 11.9. The fourth-order valence-electron chi connectivity index (χ4n) is 2.74. The van der Waals surface area contributed by atoms with Gasteiger partial charge in [0.2, 0.25) is 0 Å². The Morgan fingerprint density at radius 3 is 2.68 bits per heavy atom. The van der Waals surface area contributed by atoms with Crippen molar-refractivity contribution in [3.05, 3.63) is 33.2 Å². The lowest BCUT2D eigenvalue weighted by molar-refractivity contribution is 0.0951. The summed E-state index contributed by atoms with van der Waals surface area (Å²) < 4.78 is 0. The third kappa shape index (κ3) is 5.46. The molecule has 1 aromatic rings. The molecule has 2 rings (SSSR count). The van der Waals surface area contributed by atoms with Crippen LogP contribution in [0, 0.1) is 0 Å². The molecule has 1 aliphatic rings. The van der Waals surface area contributed by atoms with Gasteiger partial charge in [-0.15, -0.1) is 0 Å². The summed E-state index contributed by atoms with van der Waals surface area (Å²) >= 11 is 5.79. The van der Waals surface area contributed by atoms with Gasteiger partial charge in [-0.2, -0.15) is 0 Å². The number of aromatic amines is 1. The highest BCUT2D eigenvalue weighted by Gasteiger charge is 2.11. The molecular weight excluding hydrogens is 302 g/mol. The number of nitrogens with zero attached hydrogens (tertiary/aromatic N) is 1. The molecule has 0 unspecified atom stereocenters. The van der Waals surface area contributed by atoms with Gasteiger partial charge in [0.25, 0.3) is 11.5 Å². The second kappa shape index (κ2) is 8.96. The Labute approximate surface area is 136 Å². The first-order valence-electron chi connectivity index (χ1n) is 8.05. The number of nitrogens with one attached hydrogen (secondary N) is 2. The van der Waals surface area contributed by atoms with E-state index in [0.717, 1.165) is 19.4 Å². The van der Waals surface area contributed by atoms with Crippen molar-refractivity contribution in [1.29, 1.82) is 0 Å². The van der Waals surface area contributed by atoms with Gasteiger partial charge in [-0.05, 0) is 51.4 Å². The molecule has 1 aliphatic heterocycles. The molecule has 0 aliphatic carbocycles. The van der Waals surface area contributed by atoms with Gasteiger partial charge >= 0.3 is 0 Å². The Morgan fingerprint density at radius 2 is 1.95 bits per heavy atom. The smallest absolute Gasteiger partial charge is 0.260 e. The first-order valence-corrected chi connectivity index (χ1v) is 8.43. The van der Waals surface area contributed by atoms with Crippen LogP contribution in [0.5, 0.6) is 0 Å². The highest BCUT2D eigenvalue weighted by molar-refractivity contribution is 6.30. The molecule has 5 nitrogen and oxygen atoms in total. The van der Waals surface area contributed by atoms with Crippen molar-refractivity contribution in [2.45, 2.75) is 38.5 Å². The molecule has 0 atom stereocenters. The summed E-state index contributed by atoms with van der Waals surface area (Å²) in [7, 11) is 0. The molecule has 122 valence electrons. The first kappa shape index (κ1) is 17.0. The predicted octanol–water partition coefficient (Wildman–Crippen LogP) is 2.41. The van der Waals surface area contributed by atoms with E-state index in [1.165, 1.54) is 51.0 Å². The average Bonchev–Trinajstić information content (AvgIpc) is 2.78. The van der Waals surface area contributed by atoms with Crippen molar-refractivity contribution in [2.24, 2.45) is 0 Å². The van der Waals surface area contributed by atoms with Crippen LogP contribution in [0.25, 0.3) is 0 Å². The number of aromatic nitrogens is 1. The zero-order chi connectivity index (χ0) is 15.8. The SMILES string of the molecule is O=C(NCCCCN1CCCCCC1)c1cc(Cl)c[nH]c1=O. The highest BCUT2D eigenvalue weighted by Crippen LogP contribution is 2.10. The summed E-state index contributed by atoms with van der Waals surface area (Å²) in [6.45, 7) is 4.07. The molecule has 0 spiro atoms. The molecule has 0 radical (unpaired) electrons. The Morgan fingerprint density at radius 1 is 1.23 bits per heavy atom. The summed E-state index contributed by atoms with van der Waals surface area (Å²) in [4.78, 5) is 28.4. The summed E-state index contributed by atoms with van der Waals surface area (Å²) in [5.41, 5.74) is -0.341. The van der Waals surface area contributed by atoms with Gasteiger partial charge in [0.05, 0.1) is 5.02 Å². The molecule has 0 saturated carbocycles. The van der Waals surface area contributed by atoms with Crippen molar-refractivity contribution in [3.63, 3.8) is 0 Å². The Kier molecular flexibility index (Phi) is 6.93. The van der Waals surface area contributed by atoms with Crippen LogP contribution in [-0.4, -0.2) is 42.0 Å². The molecule has 22 heavy (non-hydrogen) atoms. The van der Waals surface area contributed by atoms with Crippen LogP contribution >= 0.6 is 11.6 Å². The number of H-pyrrole nitrogens is 1. The Hall–Kier alpha value is -1.33. The lowest BCUT2D eigenvalue weighted by Crippen LogP contribution is -2.31. The molecule has 1 fully saturated rings. The summed E-state index contributed by atoms with van der Waals surface area (Å²) in [5, 5.41) is 3.13. The monoisotopic (exact) mass is 325 g/mol. The highest BCUT2D eigenvalue weighted by atomic mass is 35.5. The molecule has 1 saturated heterocycles. The fourth-order valence-corrected chi connectivity index (χ4v) is 2.91. The molecule has 0 bridgehead atoms. The van der Waals surface area contributed by atoms with E-state index in [2.05, 4.69) is 15.2 Å². The molecular formula is C16H24ClN3O2. The first-order chi connectivity index (χ1) is 10.7. The summed E-state index contributed by atoms with van der Waals surface area (Å²) in [6.07, 6.45) is 8.65. The topological polar surface area (TPSA) is 65.2 Å². The zero-order valence-electron chi connectivity index (χ0n) is 12.9. The van der Waals surface area contributed by atoms with Crippen LogP contribution in [0.4, 0.5) is 0 Å². The standard InChI is InChI=1S/C16H24ClN3O2/c17-13-11-14(16(22)19-12-13)15(21)18-7-3-6-10-20-8-4-1-2-5-9-20/h11-12H,1-10H2,(H,18,21)(H,19,22). The van der Waals surface area contributed by atoms with Gasteiger partial charge in [-0.1, -0.05) is 24.4 Å². The number of halogens is 1. The molecule has 1 aromatic heterocycles. The Balaban J connectivity index is 1.66. The van der Waals surface area contributed by atoms with Crippen LogP contribution in [0.3, 0.4) is 0 Å². The minimum atomic E-state index is -0.411. The van der Waals surface area contributed by atoms with Crippen LogP contribution in [0.1, 0.15) is 48.9 Å². The number of amides is 1. The van der Waals surface area contributed by atoms with Crippen molar-refractivity contribution in [3.8, 4) is 0 Å². The van der Waals surface area contributed by atoms with E-state index < -0.39 is 5.56 Å². The van der Waals surface area contributed by atoms with Gasteiger partial charge in [0, 0.05) is 12.7 Å². The largest absolute Gasteiger partial charge is 0.352 e. The van der Waals surface area contributed by atoms with Crippen LogP contribution in [0.15, 0.2) is 17.1 Å². The number of hydrogen-bond donors (Lipinski definition) is 2. The number of rotatable bonds is 6. The number of pyridine rings is 1. The van der Waals surface area contributed by atoms with Crippen molar-refractivity contribution in [2.75, 3.05) is 26.2 Å². The zero-order valence-corrected chi connectivity index (χ0v) is 13.6. The van der Waals surface area contributed by atoms with Crippen LogP contribution in [-0.2, 0) is 0 Å². The third-order valence-electron chi connectivity index (χ3n) is 4.00. The van der Waals surface area contributed by atoms with E-state index in [1.54, 1.807) is 0 Å². The van der Waals surface area contributed by atoms with Crippen molar-refractivity contribution in [1.82, 2.24) is 15.2 Å². The van der Waals surface area contributed by atoms with E-state index >= 15 is 0 Å². The van der Waals surface area contributed by atoms with Gasteiger partial charge in [-0.3, -0.25) is 9.59 Å².